The first-order valence-corrected chi connectivity index (χ1v) is 5.96. The molecule has 0 aliphatic heterocycles. The van der Waals surface area contributed by atoms with E-state index >= 15 is 0 Å². The van der Waals surface area contributed by atoms with Crippen molar-refractivity contribution in [3.8, 4) is 0 Å². The molecular weight excluding hydrogens is 256 g/mol. The maximum atomic E-state index is 12.1. The number of nitrogens with two attached hydrogens (primary N) is 1. The van der Waals surface area contributed by atoms with Crippen LogP contribution in [0, 0.1) is 6.92 Å². The fourth-order valence-corrected chi connectivity index (χ4v) is 1.63. The maximum Gasteiger partial charge on any atom is 0.254 e. The topological polar surface area (TPSA) is 46.3 Å². The van der Waals surface area contributed by atoms with E-state index in [-0.39, 0.29) is 11.9 Å². The Hall–Kier alpha value is -1.13. The van der Waals surface area contributed by atoms with Gasteiger partial charge in [-0.3, -0.25) is 4.79 Å². The summed E-state index contributed by atoms with van der Waals surface area (Å²) in [5, 5.41) is 0.576. The van der Waals surface area contributed by atoms with Crippen LogP contribution in [0.1, 0.15) is 22.8 Å². The zero-order chi connectivity index (χ0) is 13.2. The predicted octanol–water partition coefficient (Wildman–Crippen LogP) is 2.40. The molecule has 0 bridgehead atoms. The third-order valence-corrected chi connectivity index (χ3v) is 3.48. The third-order valence-electron chi connectivity index (χ3n) is 2.73. The van der Waals surface area contributed by atoms with Crippen molar-refractivity contribution in [3.63, 3.8) is 0 Å². The highest BCUT2D eigenvalue weighted by Gasteiger charge is 2.19. The van der Waals surface area contributed by atoms with E-state index in [1.54, 1.807) is 26.1 Å². The molecule has 0 aliphatic rings. The standard InChI is InChI=1S/C12H15ClN2OS/c1-7-4-5-9(6-10(7)13)12(16)15(3)8(2)11(14)17/h4-6,8H,1-3H3,(H2,14,17). The van der Waals surface area contributed by atoms with Crippen molar-refractivity contribution in [3.05, 3.63) is 34.3 Å². The molecule has 5 heteroatoms. The molecule has 1 aromatic carbocycles. The van der Waals surface area contributed by atoms with Crippen LogP contribution in [-0.4, -0.2) is 28.9 Å². The Balaban J connectivity index is 2.96. The molecule has 0 radical (unpaired) electrons. The number of likely N-dealkylation sites (N-methyl/N-ethyl adjacent to an activating group) is 1. The molecule has 1 unspecified atom stereocenters. The van der Waals surface area contributed by atoms with Gasteiger partial charge in [0.25, 0.3) is 5.91 Å². The van der Waals surface area contributed by atoms with Gasteiger partial charge in [-0.15, -0.1) is 0 Å². The number of hydrogen-bond donors (Lipinski definition) is 1. The number of nitrogens with zero attached hydrogens (tertiary/aromatic N) is 1. The number of hydrogen-bond acceptors (Lipinski definition) is 2. The number of amides is 1. The van der Waals surface area contributed by atoms with Gasteiger partial charge < -0.3 is 10.6 Å². The minimum atomic E-state index is -0.280. The number of halogens is 1. The molecule has 1 amide bonds. The van der Waals surface area contributed by atoms with E-state index in [0.29, 0.717) is 15.6 Å². The molecule has 1 atom stereocenters. The van der Waals surface area contributed by atoms with Gasteiger partial charge in [0.15, 0.2) is 0 Å². The first kappa shape index (κ1) is 13.9. The van der Waals surface area contributed by atoms with Crippen LogP contribution in [-0.2, 0) is 0 Å². The highest BCUT2D eigenvalue weighted by Crippen LogP contribution is 2.18. The average Bonchev–Trinajstić information content (AvgIpc) is 2.29. The molecule has 0 saturated carbocycles. The molecule has 92 valence electrons. The van der Waals surface area contributed by atoms with E-state index in [9.17, 15) is 4.79 Å². The van der Waals surface area contributed by atoms with Crippen LogP contribution in [0.2, 0.25) is 5.02 Å². The van der Waals surface area contributed by atoms with E-state index in [0.717, 1.165) is 5.56 Å². The minimum Gasteiger partial charge on any atom is -0.392 e. The number of carbonyl (C=O) groups is 1. The van der Waals surface area contributed by atoms with Crippen molar-refractivity contribution in [2.24, 2.45) is 5.73 Å². The number of aryl methyl sites for hydroxylation is 1. The summed E-state index contributed by atoms with van der Waals surface area (Å²) in [6.45, 7) is 3.67. The van der Waals surface area contributed by atoms with Gasteiger partial charge in [0.1, 0.15) is 0 Å². The maximum absolute atomic E-state index is 12.1. The van der Waals surface area contributed by atoms with Gasteiger partial charge in [-0.25, -0.2) is 0 Å². The first-order chi connectivity index (χ1) is 7.84. The summed E-state index contributed by atoms with van der Waals surface area (Å²) in [7, 11) is 1.67. The molecule has 0 aromatic heterocycles. The molecule has 1 aromatic rings. The van der Waals surface area contributed by atoms with Crippen LogP contribution in [0.25, 0.3) is 0 Å². The summed E-state index contributed by atoms with van der Waals surface area (Å²) >= 11 is 10.9. The smallest absolute Gasteiger partial charge is 0.254 e. The van der Waals surface area contributed by atoms with Crippen molar-refractivity contribution in [2.75, 3.05) is 7.05 Å². The van der Waals surface area contributed by atoms with Gasteiger partial charge in [0, 0.05) is 17.6 Å². The van der Waals surface area contributed by atoms with Gasteiger partial charge in [-0.1, -0.05) is 29.9 Å². The average molecular weight is 271 g/mol. The van der Waals surface area contributed by atoms with Crippen LogP contribution < -0.4 is 5.73 Å². The minimum absolute atomic E-state index is 0.146. The Morgan fingerprint density at radius 1 is 1.53 bits per heavy atom. The molecule has 17 heavy (non-hydrogen) atoms. The van der Waals surface area contributed by atoms with Crippen LogP contribution in [0.3, 0.4) is 0 Å². The summed E-state index contributed by atoms with van der Waals surface area (Å²) in [6, 6.07) is 4.93. The number of rotatable bonds is 3. The lowest BCUT2D eigenvalue weighted by Crippen LogP contribution is -2.42. The molecule has 0 heterocycles. The monoisotopic (exact) mass is 270 g/mol. The normalized spacial score (nSPS) is 12.0. The fraction of sp³-hybridized carbons (Fsp3) is 0.333. The predicted molar refractivity (Wildman–Crippen MR) is 74.5 cm³/mol. The van der Waals surface area contributed by atoms with Crippen molar-refractivity contribution < 1.29 is 4.79 Å². The fourth-order valence-electron chi connectivity index (χ4n) is 1.30. The Bertz CT molecular complexity index is 462. The quantitative estimate of drug-likeness (QED) is 0.858. The highest BCUT2D eigenvalue weighted by molar-refractivity contribution is 7.80. The van der Waals surface area contributed by atoms with Crippen LogP contribution >= 0.6 is 23.8 Å². The van der Waals surface area contributed by atoms with Crippen LogP contribution in [0.15, 0.2) is 18.2 Å². The molecule has 0 saturated heterocycles. The van der Waals surface area contributed by atoms with Gasteiger partial charge in [-0.05, 0) is 31.5 Å². The van der Waals surface area contributed by atoms with Crippen LogP contribution in [0.4, 0.5) is 0 Å². The van der Waals surface area contributed by atoms with Crippen LogP contribution in [0.5, 0.6) is 0 Å². The Morgan fingerprint density at radius 3 is 2.59 bits per heavy atom. The summed E-state index contributed by atoms with van der Waals surface area (Å²) in [6.07, 6.45) is 0. The summed E-state index contributed by atoms with van der Waals surface area (Å²) in [5.41, 5.74) is 6.99. The second kappa shape index (κ2) is 5.47. The third kappa shape index (κ3) is 3.17. The van der Waals surface area contributed by atoms with E-state index in [1.165, 1.54) is 4.90 Å². The lowest BCUT2D eigenvalue weighted by atomic mass is 10.1. The second-order valence-electron chi connectivity index (χ2n) is 3.96. The van der Waals surface area contributed by atoms with Crippen molar-refractivity contribution in [2.45, 2.75) is 19.9 Å². The Labute approximate surface area is 112 Å². The number of benzene rings is 1. The van der Waals surface area contributed by atoms with E-state index in [1.807, 2.05) is 13.0 Å². The summed E-state index contributed by atoms with van der Waals surface area (Å²) in [4.78, 5) is 13.9. The van der Waals surface area contributed by atoms with E-state index in [4.69, 9.17) is 29.6 Å². The molecule has 2 N–H and O–H groups in total. The summed E-state index contributed by atoms with van der Waals surface area (Å²) < 4.78 is 0. The Kier molecular flexibility index (Phi) is 4.48. The SMILES string of the molecule is Cc1ccc(C(=O)N(C)C(C)C(N)=S)cc1Cl. The number of carbonyl (C=O) groups excluding carboxylic acids is 1. The van der Waals surface area contributed by atoms with Gasteiger partial charge in [-0.2, -0.15) is 0 Å². The van der Waals surface area contributed by atoms with Gasteiger partial charge in [0.05, 0.1) is 11.0 Å². The number of thiocarbonyl (C=S) groups is 1. The molecule has 0 fully saturated rings. The highest BCUT2D eigenvalue weighted by atomic mass is 35.5. The van der Waals surface area contributed by atoms with Gasteiger partial charge >= 0.3 is 0 Å². The molecular formula is C12H15ClN2OS. The van der Waals surface area contributed by atoms with Crippen molar-refractivity contribution in [1.82, 2.24) is 4.90 Å². The Morgan fingerprint density at radius 2 is 2.12 bits per heavy atom. The summed E-state index contributed by atoms with van der Waals surface area (Å²) in [5.74, 6) is -0.146. The van der Waals surface area contributed by atoms with Crippen molar-refractivity contribution >= 4 is 34.7 Å². The van der Waals surface area contributed by atoms with E-state index in [2.05, 4.69) is 0 Å². The zero-order valence-electron chi connectivity index (χ0n) is 10.0. The molecule has 0 spiro atoms. The lowest BCUT2D eigenvalue weighted by Gasteiger charge is -2.24. The molecule has 0 aliphatic carbocycles. The zero-order valence-corrected chi connectivity index (χ0v) is 11.6. The second-order valence-corrected chi connectivity index (χ2v) is 4.84. The van der Waals surface area contributed by atoms with Gasteiger partial charge in [0.2, 0.25) is 0 Å². The largest absolute Gasteiger partial charge is 0.392 e. The van der Waals surface area contributed by atoms with E-state index < -0.39 is 0 Å². The first-order valence-electron chi connectivity index (χ1n) is 5.17. The molecule has 1 rings (SSSR count). The lowest BCUT2D eigenvalue weighted by molar-refractivity contribution is 0.0779. The van der Waals surface area contributed by atoms with Crippen molar-refractivity contribution in [1.29, 1.82) is 0 Å². The molecule has 3 nitrogen and oxygen atoms in total.